The number of benzene rings is 1. The van der Waals surface area contributed by atoms with Gasteiger partial charge in [-0.2, -0.15) is 0 Å². The number of hydrogen-bond donors (Lipinski definition) is 3. The number of hydrogen-bond acceptors (Lipinski definition) is 3. The van der Waals surface area contributed by atoms with Crippen LogP contribution in [-0.4, -0.2) is 17.6 Å². The highest BCUT2D eigenvalue weighted by Crippen LogP contribution is 2.04. The molecule has 0 heterocycles. The summed E-state index contributed by atoms with van der Waals surface area (Å²) < 4.78 is 1.00. The second-order valence-corrected chi connectivity index (χ2v) is 3.81. The number of alkyl halides is 1. The van der Waals surface area contributed by atoms with Crippen LogP contribution in [0.25, 0.3) is 0 Å². The fourth-order valence-corrected chi connectivity index (χ4v) is 1.49. The van der Waals surface area contributed by atoms with Crippen molar-refractivity contribution in [2.75, 3.05) is 23.4 Å². The molecular formula is C10H16IN3. The van der Waals surface area contributed by atoms with Gasteiger partial charge in [0.25, 0.3) is 0 Å². The van der Waals surface area contributed by atoms with Crippen molar-refractivity contribution in [1.82, 2.24) is 10.6 Å². The number of rotatable bonds is 6. The predicted octanol–water partition coefficient (Wildman–Crippen LogP) is 1.34. The van der Waals surface area contributed by atoms with Crippen LogP contribution < -0.4 is 16.4 Å². The Morgan fingerprint density at radius 2 is 1.71 bits per heavy atom. The molecule has 0 aliphatic rings. The fourth-order valence-electron chi connectivity index (χ4n) is 1.11. The van der Waals surface area contributed by atoms with Crippen LogP contribution in [0.4, 0.5) is 5.69 Å². The largest absolute Gasteiger partial charge is 0.399 e. The van der Waals surface area contributed by atoms with E-state index in [0.717, 1.165) is 29.9 Å². The molecule has 3 nitrogen and oxygen atoms in total. The molecule has 0 saturated heterocycles. The van der Waals surface area contributed by atoms with Crippen LogP contribution in [0.1, 0.15) is 5.56 Å². The molecule has 0 radical (unpaired) electrons. The lowest BCUT2D eigenvalue weighted by Crippen LogP contribution is -2.26. The standard InChI is InChI=1S/C10H16IN3/c11-8-14-6-5-13-7-9-1-3-10(12)4-2-9/h1-4,13-14H,5-8,12H2. The summed E-state index contributed by atoms with van der Waals surface area (Å²) in [6, 6.07) is 7.96. The van der Waals surface area contributed by atoms with E-state index in [4.69, 9.17) is 5.73 Å². The second-order valence-electron chi connectivity index (χ2n) is 3.05. The quantitative estimate of drug-likeness (QED) is 0.244. The summed E-state index contributed by atoms with van der Waals surface area (Å²) in [6.45, 7) is 2.91. The van der Waals surface area contributed by atoms with Crippen LogP contribution in [0.5, 0.6) is 0 Å². The van der Waals surface area contributed by atoms with E-state index in [0.29, 0.717) is 0 Å². The minimum atomic E-state index is 0.820. The van der Waals surface area contributed by atoms with Crippen LogP contribution in [0.2, 0.25) is 0 Å². The molecule has 1 aromatic carbocycles. The molecule has 4 N–H and O–H groups in total. The average molecular weight is 305 g/mol. The van der Waals surface area contributed by atoms with Gasteiger partial charge in [-0.15, -0.1) is 0 Å². The Morgan fingerprint density at radius 1 is 1.07 bits per heavy atom. The van der Waals surface area contributed by atoms with Crippen LogP contribution >= 0.6 is 22.6 Å². The maximum atomic E-state index is 5.59. The van der Waals surface area contributed by atoms with Crippen molar-refractivity contribution in [1.29, 1.82) is 0 Å². The number of nitrogens with two attached hydrogens (primary N) is 1. The molecule has 0 fully saturated rings. The third-order valence-corrected chi connectivity index (χ3v) is 2.42. The van der Waals surface area contributed by atoms with Gasteiger partial charge in [0.05, 0.1) is 0 Å². The Kier molecular flexibility index (Phi) is 5.89. The van der Waals surface area contributed by atoms with Crippen molar-refractivity contribution in [2.45, 2.75) is 6.54 Å². The van der Waals surface area contributed by atoms with Crippen LogP contribution in [0, 0.1) is 0 Å². The molecule has 0 atom stereocenters. The lowest BCUT2D eigenvalue weighted by molar-refractivity contribution is 0.648. The van der Waals surface area contributed by atoms with Gasteiger partial charge in [0, 0.05) is 29.9 Å². The third-order valence-electron chi connectivity index (χ3n) is 1.88. The van der Waals surface area contributed by atoms with Gasteiger partial charge >= 0.3 is 0 Å². The molecule has 0 aliphatic carbocycles. The maximum absolute atomic E-state index is 5.59. The summed E-state index contributed by atoms with van der Waals surface area (Å²) in [5, 5.41) is 6.60. The van der Waals surface area contributed by atoms with Crippen LogP contribution in [0.15, 0.2) is 24.3 Å². The van der Waals surface area contributed by atoms with Crippen molar-refractivity contribution in [3.8, 4) is 0 Å². The van der Waals surface area contributed by atoms with Crippen molar-refractivity contribution >= 4 is 28.3 Å². The molecular weight excluding hydrogens is 289 g/mol. The zero-order chi connectivity index (χ0) is 10.2. The number of nitrogens with one attached hydrogen (secondary N) is 2. The molecule has 0 aromatic heterocycles. The van der Waals surface area contributed by atoms with Gasteiger partial charge in [0.1, 0.15) is 0 Å². The monoisotopic (exact) mass is 305 g/mol. The molecule has 0 bridgehead atoms. The normalized spacial score (nSPS) is 10.4. The lowest BCUT2D eigenvalue weighted by atomic mass is 10.2. The maximum Gasteiger partial charge on any atom is 0.0480 e. The first-order chi connectivity index (χ1) is 6.83. The molecule has 78 valence electrons. The van der Waals surface area contributed by atoms with E-state index in [-0.39, 0.29) is 0 Å². The highest BCUT2D eigenvalue weighted by Gasteiger charge is 1.91. The van der Waals surface area contributed by atoms with Gasteiger partial charge in [-0.3, -0.25) is 0 Å². The summed E-state index contributed by atoms with van der Waals surface area (Å²) in [6.07, 6.45) is 0. The third kappa shape index (κ3) is 4.78. The Balaban J connectivity index is 2.15. The smallest absolute Gasteiger partial charge is 0.0480 e. The van der Waals surface area contributed by atoms with Gasteiger partial charge in [-0.05, 0) is 17.7 Å². The van der Waals surface area contributed by atoms with Crippen molar-refractivity contribution in [2.24, 2.45) is 0 Å². The van der Waals surface area contributed by atoms with Gasteiger partial charge in [0.2, 0.25) is 0 Å². The minimum absolute atomic E-state index is 0.820. The average Bonchev–Trinajstić information content (AvgIpc) is 2.21. The van der Waals surface area contributed by atoms with Crippen LogP contribution in [0.3, 0.4) is 0 Å². The van der Waals surface area contributed by atoms with E-state index in [1.54, 1.807) is 0 Å². The minimum Gasteiger partial charge on any atom is -0.399 e. The SMILES string of the molecule is Nc1ccc(CNCCNCI)cc1. The highest BCUT2D eigenvalue weighted by atomic mass is 127. The molecule has 0 spiro atoms. The number of halogens is 1. The molecule has 0 saturated carbocycles. The van der Waals surface area contributed by atoms with E-state index in [2.05, 4.69) is 33.2 Å². The van der Waals surface area contributed by atoms with E-state index < -0.39 is 0 Å². The van der Waals surface area contributed by atoms with Crippen molar-refractivity contribution < 1.29 is 0 Å². The van der Waals surface area contributed by atoms with Crippen molar-refractivity contribution in [3.63, 3.8) is 0 Å². The lowest BCUT2D eigenvalue weighted by Gasteiger charge is -2.05. The zero-order valence-corrected chi connectivity index (χ0v) is 10.3. The molecule has 1 rings (SSSR count). The molecule has 0 amide bonds. The topological polar surface area (TPSA) is 50.1 Å². The molecule has 14 heavy (non-hydrogen) atoms. The van der Waals surface area contributed by atoms with E-state index in [1.807, 2.05) is 24.3 Å². The number of anilines is 1. The summed E-state index contributed by atoms with van der Waals surface area (Å²) >= 11 is 2.30. The van der Waals surface area contributed by atoms with Crippen LogP contribution in [-0.2, 0) is 6.54 Å². The molecule has 0 unspecified atom stereocenters. The van der Waals surface area contributed by atoms with Gasteiger partial charge in [0.15, 0.2) is 0 Å². The summed E-state index contributed by atoms with van der Waals surface area (Å²) in [5.74, 6) is 0. The fraction of sp³-hybridized carbons (Fsp3) is 0.400. The van der Waals surface area contributed by atoms with E-state index >= 15 is 0 Å². The Bertz CT molecular complexity index is 248. The van der Waals surface area contributed by atoms with Gasteiger partial charge < -0.3 is 16.4 Å². The Labute approximate surface area is 98.6 Å². The summed E-state index contributed by atoms with van der Waals surface area (Å²) in [5.41, 5.74) is 7.68. The van der Waals surface area contributed by atoms with E-state index in [9.17, 15) is 0 Å². The highest BCUT2D eigenvalue weighted by molar-refractivity contribution is 14.1. The zero-order valence-electron chi connectivity index (χ0n) is 8.09. The number of nitrogen functional groups attached to an aromatic ring is 1. The van der Waals surface area contributed by atoms with E-state index in [1.165, 1.54) is 5.56 Å². The van der Waals surface area contributed by atoms with Gasteiger partial charge in [-0.1, -0.05) is 34.7 Å². The first-order valence-corrected chi connectivity index (χ1v) is 6.17. The van der Waals surface area contributed by atoms with Gasteiger partial charge in [-0.25, -0.2) is 0 Å². The Hall–Kier alpha value is -0.330. The molecule has 1 aromatic rings. The molecule has 0 aliphatic heterocycles. The first-order valence-electron chi connectivity index (χ1n) is 4.65. The molecule has 4 heteroatoms. The van der Waals surface area contributed by atoms with Crippen molar-refractivity contribution in [3.05, 3.63) is 29.8 Å². The second kappa shape index (κ2) is 7.03. The first kappa shape index (κ1) is 11.7. The summed E-state index contributed by atoms with van der Waals surface area (Å²) in [7, 11) is 0. The summed E-state index contributed by atoms with van der Waals surface area (Å²) in [4.78, 5) is 0. The Morgan fingerprint density at radius 3 is 2.36 bits per heavy atom. The predicted molar refractivity (Wildman–Crippen MR) is 69.5 cm³/mol.